The van der Waals surface area contributed by atoms with E-state index in [-0.39, 0.29) is 6.04 Å². The quantitative estimate of drug-likeness (QED) is 0.480. The lowest BCUT2D eigenvalue weighted by Crippen LogP contribution is -2.54. The maximum absolute atomic E-state index is 12.3. The minimum Gasteiger partial charge on any atom is -0.467 e. The maximum atomic E-state index is 12.3. The number of carbonyl (C=O) groups excluding carboxylic acids is 3. The summed E-state index contributed by atoms with van der Waals surface area (Å²) in [4.78, 5) is 37.1. The molecule has 1 amide bonds. The predicted molar refractivity (Wildman–Crippen MR) is 81.0 cm³/mol. The number of ether oxygens (including phenoxy) is 1. The third-order valence-corrected chi connectivity index (χ3v) is 3.71. The molecule has 0 aromatic heterocycles. The van der Waals surface area contributed by atoms with E-state index in [1.807, 2.05) is 42.5 Å². The molecule has 116 valence electrons. The summed E-state index contributed by atoms with van der Waals surface area (Å²) in [5.74, 6) is -1.74. The van der Waals surface area contributed by atoms with Crippen molar-refractivity contribution in [3.05, 3.63) is 48.0 Å². The van der Waals surface area contributed by atoms with Crippen molar-refractivity contribution < 1.29 is 19.1 Å². The molecule has 2 rings (SSSR count). The van der Waals surface area contributed by atoms with E-state index in [9.17, 15) is 14.4 Å². The molecule has 1 aliphatic heterocycles. The van der Waals surface area contributed by atoms with Crippen LogP contribution in [-0.2, 0) is 25.5 Å². The van der Waals surface area contributed by atoms with E-state index in [2.05, 4.69) is 0 Å². The first-order chi connectivity index (χ1) is 10.5. The molecule has 2 atom stereocenters. The molecule has 0 bridgehead atoms. The zero-order chi connectivity index (χ0) is 16.1. The van der Waals surface area contributed by atoms with E-state index < -0.39 is 23.7 Å². The number of carbonyl (C=O) groups is 3. The van der Waals surface area contributed by atoms with Crippen molar-refractivity contribution in [1.82, 2.24) is 4.90 Å². The summed E-state index contributed by atoms with van der Waals surface area (Å²) in [7, 11) is 1.28. The molecule has 5 heteroatoms. The van der Waals surface area contributed by atoms with Crippen LogP contribution in [0.4, 0.5) is 0 Å². The summed E-state index contributed by atoms with van der Waals surface area (Å²) < 4.78 is 4.77. The highest BCUT2D eigenvalue weighted by Gasteiger charge is 2.38. The molecule has 1 aromatic carbocycles. The highest BCUT2D eigenvalue weighted by molar-refractivity contribution is 6.35. The summed E-state index contributed by atoms with van der Waals surface area (Å²) in [6.07, 6.45) is 4.63. The van der Waals surface area contributed by atoms with Gasteiger partial charge in [-0.25, -0.2) is 4.79 Å². The van der Waals surface area contributed by atoms with Crippen LogP contribution in [0.25, 0.3) is 0 Å². The monoisotopic (exact) mass is 301 g/mol. The van der Waals surface area contributed by atoms with Crippen LogP contribution in [0.3, 0.4) is 0 Å². The summed E-state index contributed by atoms with van der Waals surface area (Å²) in [6, 6.07) is 8.55. The van der Waals surface area contributed by atoms with Gasteiger partial charge in [-0.2, -0.15) is 0 Å². The third-order valence-electron chi connectivity index (χ3n) is 3.71. The van der Waals surface area contributed by atoms with E-state index in [1.165, 1.54) is 18.9 Å². The standard InChI is InChI=1S/C17H19NO4/c1-12(19)16(20)18-14(11-13-7-4-3-5-8-13)9-6-10-15(18)17(21)22-2/h3-9,14-15H,10-11H2,1-2H3. The van der Waals surface area contributed by atoms with E-state index in [4.69, 9.17) is 4.74 Å². The molecule has 5 nitrogen and oxygen atoms in total. The molecule has 22 heavy (non-hydrogen) atoms. The SMILES string of the molecule is COC(=O)C1CC=CC(Cc2ccccc2)N1C(=O)C(C)=O. The predicted octanol–water partition coefficient (Wildman–Crippen LogP) is 1.52. The molecule has 0 saturated heterocycles. The van der Waals surface area contributed by atoms with Crippen molar-refractivity contribution in [2.24, 2.45) is 0 Å². The zero-order valence-electron chi connectivity index (χ0n) is 12.7. The highest BCUT2D eigenvalue weighted by Crippen LogP contribution is 2.22. The van der Waals surface area contributed by atoms with Crippen LogP contribution in [0.2, 0.25) is 0 Å². The van der Waals surface area contributed by atoms with Gasteiger partial charge in [0.1, 0.15) is 6.04 Å². The molecule has 1 heterocycles. The van der Waals surface area contributed by atoms with E-state index in [0.29, 0.717) is 12.8 Å². The van der Waals surface area contributed by atoms with Gasteiger partial charge in [-0.1, -0.05) is 42.5 Å². The fraction of sp³-hybridized carbons (Fsp3) is 0.353. The molecule has 0 aliphatic carbocycles. The van der Waals surface area contributed by atoms with E-state index in [0.717, 1.165) is 5.56 Å². The summed E-state index contributed by atoms with van der Waals surface area (Å²) in [6.45, 7) is 1.22. The second kappa shape index (κ2) is 7.02. The Morgan fingerprint density at radius 2 is 1.91 bits per heavy atom. The molecular formula is C17H19NO4. The largest absolute Gasteiger partial charge is 0.467 e. The van der Waals surface area contributed by atoms with E-state index in [1.54, 1.807) is 0 Å². The number of Topliss-reactive ketones (excluding diaryl/α,β-unsaturated/α-hetero) is 1. The van der Waals surface area contributed by atoms with Crippen molar-refractivity contribution in [3.8, 4) is 0 Å². The molecular weight excluding hydrogens is 282 g/mol. The lowest BCUT2D eigenvalue weighted by Gasteiger charge is -2.37. The van der Waals surface area contributed by atoms with Crippen molar-refractivity contribution in [1.29, 1.82) is 0 Å². The molecule has 0 saturated carbocycles. The molecule has 0 spiro atoms. The Morgan fingerprint density at radius 3 is 2.50 bits per heavy atom. The van der Waals surface area contributed by atoms with Crippen LogP contribution in [0, 0.1) is 0 Å². The van der Waals surface area contributed by atoms with Gasteiger partial charge in [-0.15, -0.1) is 0 Å². The Balaban J connectivity index is 2.30. The van der Waals surface area contributed by atoms with Crippen molar-refractivity contribution in [3.63, 3.8) is 0 Å². The number of hydrogen-bond donors (Lipinski definition) is 0. The number of amides is 1. The average molecular weight is 301 g/mol. The molecule has 0 fully saturated rings. The number of hydrogen-bond acceptors (Lipinski definition) is 4. The first-order valence-corrected chi connectivity index (χ1v) is 7.16. The number of esters is 1. The topological polar surface area (TPSA) is 63.7 Å². The van der Waals surface area contributed by atoms with Crippen LogP contribution in [-0.4, -0.2) is 41.8 Å². The minimum absolute atomic E-state index is 0.336. The third kappa shape index (κ3) is 3.42. The Morgan fingerprint density at radius 1 is 1.23 bits per heavy atom. The average Bonchev–Trinajstić information content (AvgIpc) is 2.54. The van der Waals surface area contributed by atoms with Crippen LogP contribution in [0.1, 0.15) is 18.9 Å². The fourth-order valence-electron chi connectivity index (χ4n) is 2.64. The fourth-order valence-corrected chi connectivity index (χ4v) is 2.64. The van der Waals surface area contributed by atoms with Crippen molar-refractivity contribution >= 4 is 17.7 Å². The Labute approximate surface area is 129 Å². The summed E-state index contributed by atoms with van der Waals surface area (Å²) in [5, 5.41) is 0. The van der Waals surface area contributed by atoms with Gasteiger partial charge in [-0.05, 0) is 18.4 Å². The minimum atomic E-state index is -0.750. The first-order valence-electron chi connectivity index (χ1n) is 7.16. The van der Waals surface area contributed by atoms with Gasteiger partial charge in [-0.3, -0.25) is 9.59 Å². The van der Waals surface area contributed by atoms with Crippen LogP contribution in [0.15, 0.2) is 42.5 Å². The molecule has 2 unspecified atom stereocenters. The first kappa shape index (κ1) is 15.9. The molecule has 1 aromatic rings. The molecule has 0 radical (unpaired) electrons. The number of rotatable bonds is 4. The zero-order valence-corrected chi connectivity index (χ0v) is 12.7. The normalized spacial score (nSPS) is 20.5. The summed E-state index contributed by atoms with van der Waals surface area (Å²) in [5.41, 5.74) is 1.03. The number of benzene rings is 1. The van der Waals surface area contributed by atoms with Gasteiger partial charge >= 0.3 is 5.97 Å². The Hall–Kier alpha value is -2.43. The lowest BCUT2D eigenvalue weighted by atomic mass is 9.96. The maximum Gasteiger partial charge on any atom is 0.328 e. The lowest BCUT2D eigenvalue weighted by molar-refractivity contribution is -0.157. The Bertz CT molecular complexity index is 594. The van der Waals surface area contributed by atoms with Crippen LogP contribution in [0.5, 0.6) is 0 Å². The van der Waals surface area contributed by atoms with E-state index >= 15 is 0 Å². The van der Waals surface area contributed by atoms with Gasteiger partial charge in [0.05, 0.1) is 13.2 Å². The second-order valence-corrected chi connectivity index (χ2v) is 5.23. The number of nitrogens with zero attached hydrogens (tertiary/aromatic N) is 1. The van der Waals surface area contributed by atoms with Gasteiger partial charge < -0.3 is 9.64 Å². The van der Waals surface area contributed by atoms with Gasteiger partial charge in [0.15, 0.2) is 0 Å². The Kier molecular flexibility index (Phi) is 5.09. The van der Waals surface area contributed by atoms with Crippen molar-refractivity contribution in [2.75, 3.05) is 7.11 Å². The van der Waals surface area contributed by atoms with Gasteiger partial charge in [0, 0.05) is 6.92 Å². The number of methoxy groups -OCH3 is 1. The number of ketones is 1. The van der Waals surface area contributed by atoms with Crippen LogP contribution >= 0.6 is 0 Å². The molecule has 0 N–H and O–H groups in total. The summed E-state index contributed by atoms with van der Waals surface area (Å²) >= 11 is 0. The van der Waals surface area contributed by atoms with Gasteiger partial charge in [0.2, 0.25) is 5.78 Å². The smallest absolute Gasteiger partial charge is 0.328 e. The van der Waals surface area contributed by atoms with Gasteiger partial charge in [0.25, 0.3) is 5.91 Å². The van der Waals surface area contributed by atoms with Crippen molar-refractivity contribution in [2.45, 2.75) is 31.8 Å². The second-order valence-electron chi connectivity index (χ2n) is 5.23. The molecule has 1 aliphatic rings. The van der Waals surface area contributed by atoms with Crippen LogP contribution < -0.4 is 0 Å². The highest BCUT2D eigenvalue weighted by atomic mass is 16.5.